The van der Waals surface area contributed by atoms with E-state index in [-0.39, 0.29) is 35.2 Å². The topological polar surface area (TPSA) is 46.1 Å². The third-order valence-corrected chi connectivity index (χ3v) is 5.82. The number of halogens is 2. The number of aromatic nitrogens is 2. The molecule has 7 heteroatoms. The molecule has 4 rings (SSSR count). The maximum Gasteiger partial charge on any atom is 0.157 e. The minimum atomic E-state index is -0.537. The molecule has 2 unspecified atom stereocenters. The molecule has 2 aromatic rings. The summed E-state index contributed by atoms with van der Waals surface area (Å²) in [6, 6.07) is 6.10. The number of carbonyl (C=O) groups is 1. The van der Waals surface area contributed by atoms with E-state index in [2.05, 4.69) is 14.9 Å². The lowest BCUT2D eigenvalue weighted by Gasteiger charge is -2.37. The van der Waals surface area contributed by atoms with Gasteiger partial charge in [0.05, 0.1) is 17.9 Å². The number of likely N-dealkylation sites (tertiary alicyclic amines) is 1. The molecule has 4 nitrogen and oxygen atoms in total. The van der Waals surface area contributed by atoms with Gasteiger partial charge in [-0.3, -0.25) is 19.7 Å². The van der Waals surface area contributed by atoms with E-state index in [4.69, 9.17) is 12.6 Å². The summed E-state index contributed by atoms with van der Waals surface area (Å²) in [5.41, 5.74) is 2.32. The second-order valence-corrected chi connectivity index (χ2v) is 7.85. The summed E-state index contributed by atoms with van der Waals surface area (Å²) >= 11 is 4.71. The van der Waals surface area contributed by atoms with E-state index in [0.29, 0.717) is 18.7 Å². The average molecular weight is 420 g/mol. The Kier molecular flexibility index (Phi) is 6.86. The molecule has 2 fully saturated rings. The molecule has 2 aliphatic rings. The Morgan fingerprint density at radius 1 is 1.25 bits per heavy atom. The van der Waals surface area contributed by atoms with Crippen molar-refractivity contribution < 1.29 is 9.18 Å². The first kappa shape index (κ1) is 21.0. The number of nitrogens with zero attached hydrogens (tertiary/aromatic N) is 3. The van der Waals surface area contributed by atoms with E-state index < -0.39 is 6.04 Å². The van der Waals surface area contributed by atoms with Crippen LogP contribution in [0.3, 0.4) is 0 Å². The third-order valence-electron chi connectivity index (χ3n) is 5.23. The zero-order valence-electron chi connectivity index (χ0n) is 15.4. The molecule has 1 aliphatic heterocycles. The van der Waals surface area contributed by atoms with Crippen LogP contribution >= 0.6 is 25.0 Å². The fraction of sp³-hybridized carbons (Fsp3) is 0.381. The second-order valence-electron chi connectivity index (χ2n) is 7.23. The van der Waals surface area contributed by atoms with Crippen molar-refractivity contribution in [3.05, 3.63) is 65.5 Å². The van der Waals surface area contributed by atoms with Crippen LogP contribution in [0, 0.1) is 11.7 Å². The number of piperidine rings is 1. The number of carbonyl (C=O) groups excluding carboxylic acids is 1. The van der Waals surface area contributed by atoms with Gasteiger partial charge in [0.1, 0.15) is 5.82 Å². The van der Waals surface area contributed by atoms with Gasteiger partial charge < -0.3 is 0 Å². The van der Waals surface area contributed by atoms with E-state index in [1.165, 1.54) is 6.07 Å². The van der Waals surface area contributed by atoms with Crippen LogP contribution in [-0.4, -0.2) is 39.0 Å². The first-order valence-electron chi connectivity index (χ1n) is 9.30. The molecule has 1 aromatic carbocycles. The van der Waals surface area contributed by atoms with Crippen molar-refractivity contribution in [1.82, 2.24) is 14.9 Å². The number of benzene rings is 1. The molecule has 1 aromatic heterocycles. The predicted molar refractivity (Wildman–Crippen MR) is 113 cm³/mol. The Hall–Kier alpha value is -1.76. The van der Waals surface area contributed by atoms with Gasteiger partial charge in [0.25, 0.3) is 0 Å². The highest BCUT2D eigenvalue weighted by molar-refractivity contribution is 7.81. The number of Topliss-reactive ketones (excluding diaryl/α,β-unsaturated/α-hetero) is 1. The van der Waals surface area contributed by atoms with Crippen molar-refractivity contribution in [3.63, 3.8) is 0 Å². The fourth-order valence-electron chi connectivity index (χ4n) is 3.65. The van der Waals surface area contributed by atoms with Crippen molar-refractivity contribution in [1.29, 1.82) is 0 Å². The van der Waals surface area contributed by atoms with Gasteiger partial charge in [-0.25, -0.2) is 4.39 Å². The number of hydrogen-bond acceptors (Lipinski definition) is 5. The molecule has 0 spiro atoms. The smallest absolute Gasteiger partial charge is 0.157 e. The van der Waals surface area contributed by atoms with E-state index in [1.807, 2.05) is 6.08 Å². The molecule has 0 radical (unpaired) electrons. The van der Waals surface area contributed by atoms with E-state index in [1.54, 1.807) is 36.8 Å². The first-order valence-corrected chi connectivity index (χ1v) is 9.82. The maximum absolute atomic E-state index is 14.5. The molecule has 2 heterocycles. The molecule has 28 heavy (non-hydrogen) atoms. The third kappa shape index (κ3) is 4.62. The SMILES string of the molecule is Cl.O=C(C1CC1)C(c1ccccc1F)N1CCC(S)/C(=C/c2cnccn2)C1. The van der Waals surface area contributed by atoms with Crippen molar-refractivity contribution in [2.45, 2.75) is 30.6 Å². The largest absolute Gasteiger partial charge is 0.297 e. The van der Waals surface area contributed by atoms with Crippen LogP contribution in [-0.2, 0) is 4.79 Å². The predicted octanol–water partition coefficient (Wildman–Crippen LogP) is 4.15. The molecule has 1 saturated heterocycles. The Labute approximate surface area is 176 Å². The molecule has 2 atom stereocenters. The quantitative estimate of drug-likeness (QED) is 0.739. The van der Waals surface area contributed by atoms with E-state index >= 15 is 0 Å². The lowest BCUT2D eigenvalue weighted by molar-refractivity contribution is -0.126. The van der Waals surface area contributed by atoms with Crippen LogP contribution in [0.4, 0.5) is 4.39 Å². The van der Waals surface area contributed by atoms with Gasteiger partial charge in [0.15, 0.2) is 5.78 Å². The van der Waals surface area contributed by atoms with Gasteiger partial charge >= 0.3 is 0 Å². The van der Waals surface area contributed by atoms with Gasteiger partial charge in [-0.1, -0.05) is 18.2 Å². The Morgan fingerprint density at radius 2 is 2.04 bits per heavy atom. The summed E-state index contributed by atoms with van der Waals surface area (Å²) in [7, 11) is 0. The van der Waals surface area contributed by atoms with Gasteiger partial charge in [-0.2, -0.15) is 12.6 Å². The van der Waals surface area contributed by atoms with Crippen LogP contribution in [0.25, 0.3) is 6.08 Å². The summed E-state index contributed by atoms with van der Waals surface area (Å²) < 4.78 is 14.5. The zero-order valence-corrected chi connectivity index (χ0v) is 17.1. The number of rotatable bonds is 5. The van der Waals surface area contributed by atoms with Crippen molar-refractivity contribution >= 4 is 36.9 Å². The van der Waals surface area contributed by atoms with Crippen LogP contribution < -0.4 is 0 Å². The van der Waals surface area contributed by atoms with Crippen LogP contribution in [0.2, 0.25) is 0 Å². The molecule has 0 N–H and O–H groups in total. The molecule has 1 aliphatic carbocycles. The summed E-state index contributed by atoms with van der Waals surface area (Å²) in [5, 5.41) is 0.0977. The number of hydrogen-bond donors (Lipinski definition) is 1. The molecule has 0 bridgehead atoms. The minimum Gasteiger partial charge on any atom is -0.297 e. The Bertz CT molecular complexity index is 860. The van der Waals surface area contributed by atoms with Gasteiger partial charge in [-0.15, -0.1) is 12.4 Å². The molecular formula is C21H23ClFN3OS. The standard InChI is InChI=1S/C21H22FN3OS.ClH/c22-18-4-2-1-3-17(18)20(21(26)14-5-6-14)25-10-7-19(27)15(13-25)11-16-12-23-8-9-24-16;/h1-4,8-9,11-12,14,19-20,27H,5-7,10,13H2;1H/b15-11+;. The normalized spacial score (nSPS) is 22.5. The highest BCUT2D eigenvalue weighted by Crippen LogP contribution is 2.39. The van der Waals surface area contributed by atoms with Gasteiger partial charge in [0, 0.05) is 42.2 Å². The summed E-state index contributed by atoms with van der Waals surface area (Å²) in [4.78, 5) is 23.5. The van der Waals surface area contributed by atoms with Gasteiger partial charge in [0.2, 0.25) is 0 Å². The second kappa shape index (κ2) is 9.16. The van der Waals surface area contributed by atoms with Crippen LogP contribution in [0.15, 0.2) is 48.4 Å². The number of ketones is 1. The Balaban J connectivity index is 0.00000225. The summed E-state index contributed by atoms with van der Waals surface area (Å²) in [5.74, 6) is -0.115. The van der Waals surface area contributed by atoms with Crippen molar-refractivity contribution in [2.75, 3.05) is 13.1 Å². The maximum atomic E-state index is 14.5. The van der Waals surface area contributed by atoms with E-state index in [0.717, 1.165) is 30.5 Å². The van der Waals surface area contributed by atoms with Crippen molar-refractivity contribution in [3.8, 4) is 0 Å². The summed E-state index contributed by atoms with van der Waals surface area (Å²) in [6.07, 6.45) is 9.60. The molecule has 148 valence electrons. The molecule has 1 saturated carbocycles. The van der Waals surface area contributed by atoms with Crippen molar-refractivity contribution in [2.24, 2.45) is 5.92 Å². The van der Waals surface area contributed by atoms with Crippen LogP contribution in [0.5, 0.6) is 0 Å². The van der Waals surface area contributed by atoms with Crippen LogP contribution in [0.1, 0.15) is 36.6 Å². The lowest BCUT2D eigenvalue weighted by atomic mass is 9.93. The number of thiol groups is 1. The zero-order chi connectivity index (χ0) is 18.8. The average Bonchev–Trinajstić information content (AvgIpc) is 3.52. The lowest BCUT2D eigenvalue weighted by Crippen LogP contribution is -2.42. The fourth-order valence-corrected chi connectivity index (χ4v) is 3.92. The highest BCUT2D eigenvalue weighted by atomic mass is 35.5. The molecular weight excluding hydrogens is 397 g/mol. The monoisotopic (exact) mass is 419 g/mol. The van der Waals surface area contributed by atoms with E-state index in [9.17, 15) is 9.18 Å². The summed E-state index contributed by atoms with van der Waals surface area (Å²) in [6.45, 7) is 1.28. The first-order chi connectivity index (χ1) is 13.1. The minimum absolute atomic E-state index is 0. The van der Waals surface area contributed by atoms with Gasteiger partial charge in [-0.05, 0) is 37.0 Å². The molecule has 0 amide bonds. The highest BCUT2D eigenvalue weighted by Gasteiger charge is 2.40. The Morgan fingerprint density at radius 3 is 2.71 bits per heavy atom.